The van der Waals surface area contributed by atoms with Crippen LogP contribution in [0.3, 0.4) is 0 Å². The largest absolute Gasteiger partial charge is 0.291 e. The average Bonchev–Trinajstić information content (AvgIpc) is 3.45. The van der Waals surface area contributed by atoms with Crippen molar-refractivity contribution in [1.82, 2.24) is 4.90 Å². The SMILES string of the molecule is C1=CCC(C2CCC(N(C3C=CC(C4CCCCC4)CC3)C3CCC(C4=CCCCC4)C3)CC2)CC1. The first kappa shape index (κ1) is 25.5. The molecule has 6 aliphatic rings. The molecule has 0 saturated heterocycles. The molecule has 5 unspecified atom stereocenters. The summed E-state index contributed by atoms with van der Waals surface area (Å²) >= 11 is 0. The molecule has 200 valence electrons. The van der Waals surface area contributed by atoms with Gasteiger partial charge in [-0.25, -0.2) is 0 Å². The van der Waals surface area contributed by atoms with Crippen molar-refractivity contribution in [3.8, 4) is 0 Å². The quantitative estimate of drug-likeness (QED) is 0.336. The second kappa shape index (κ2) is 12.4. The van der Waals surface area contributed by atoms with E-state index in [0.29, 0.717) is 0 Å². The molecule has 0 aromatic heterocycles. The Morgan fingerprint density at radius 2 is 1.44 bits per heavy atom. The smallest absolute Gasteiger partial charge is 0.0284 e. The van der Waals surface area contributed by atoms with Gasteiger partial charge in [0.25, 0.3) is 0 Å². The Kier molecular flexibility index (Phi) is 8.74. The summed E-state index contributed by atoms with van der Waals surface area (Å²) in [4.78, 5) is 3.16. The van der Waals surface area contributed by atoms with Gasteiger partial charge in [-0.1, -0.05) is 55.2 Å². The number of rotatable bonds is 6. The summed E-state index contributed by atoms with van der Waals surface area (Å²) < 4.78 is 0. The van der Waals surface area contributed by atoms with Gasteiger partial charge in [0, 0.05) is 18.1 Å². The van der Waals surface area contributed by atoms with Gasteiger partial charge in [0.1, 0.15) is 0 Å². The predicted molar refractivity (Wildman–Crippen MR) is 154 cm³/mol. The van der Waals surface area contributed by atoms with Crippen LogP contribution in [-0.4, -0.2) is 23.0 Å². The molecule has 0 N–H and O–H groups in total. The number of nitrogens with zero attached hydrogens (tertiary/aromatic N) is 1. The van der Waals surface area contributed by atoms with E-state index >= 15 is 0 Å². The van der Waals surface area contributed by atoms with Crippen molar-refractivity contribution >= 4 is 0 Å². The van der Waals surface area contributed by atoms with E-state index in [0.717, 1.165) is 47.7 Å². The molecule has 1 heteroatoms. The molecule has 0 amide bonds. The molecule has 3 saturated carbocycles. The van der Waals surface area contributed by atoms with Crippen LogP contribution in [0.5, 0.6) is 0 Å². The molecule has 0 aliphatic heterocycles. The summed E-state index contributed by atoms with van der Waals surface area (Å²) in [5, 5.41) is 0. The minimum atomic E-state index is 0.730. The average molecular weight is 490 g/mol. The van der Waals surface area contributed by atoms with Crippen molar-refractivity contribution in [2.24, 2.45) is 29.6 Å². The van der Waals surface area contributed by atoms with Gasteiger partial charge < -0.3 is 0 Å². The highest BCUT2D eigenvalue weighted by atomic mass is 15.2. The standard InChI is InChI=1S/C35H55N/c1-4-10-27(11-5-1)30-16-21-33(22-17-30)36(35-25-20-32(26-35)29-14-8-3-9-15-29)34-23-18-31(19-24-34)28-12-6-2-7-13-28/h1,4,14,18,23,27-28,30-35H,2-3,5-13,15-17,19-22,24-26H2. The molecule has 1 nitrogen and oxygen atoms in total. The molecule has 0 spiro atoms. The monoisotopic (exact) mass is 489 g/mol. The lowest BCUT2D eigenvalue weighted by Crippen LogP contribution is -2.50. The van der Waals surface area contributed by atoms with Crippen molar-refractivity contribution < 1.29 is 0 Å². The highest BCUT2D eigenvalue weighted by Crippen LogP contribution is 2.45. The van der Waals surface area contributed by atoms with E-state index in [2.05, 4.69) is 35.3 Å². The maximum absolute atomic E-state index is 3.16. The molecule has 5 atom stereocenters. The molecular formula is C35H55N. The second-order valence-corrected chi connectivity index (χ2v) is 13.8. The van der Waals surface area contributed by atoms with Gasteiger partial charge in [-0.15, -0.1) is 0 Å². The van der Waals surface area contributed by atoms with Gasteiger partial charge in [0.05, 0.1) is 0 Å². The van der Waals surface area contributed by atoms with Crippen molar-refractivity contribution in [3.63, 3.8) is 0 Å². The van der Waals surface area contributed by atoms with Crippen LogP contribution >= 0.6 is 0 Å². The maximum atomic E-state index is 3.16. The molecule has 0 aromatic carbocycles. The fourth-order valence-electron chi connectivity index (χ4n) is 9.79. The van der Waals surface area contributed by atoms with Gasteiger partial charge in [-0.3, -0.25) is 4.90 Å². The van der Waals surface area contributed by atoms with Gasteiger partial charge in [0.15, 0.2) is 0 Å². The van der Waals surface area contributed by atoms with Crippen molar-refractivity contribution in [2.75, 3.05) is 0 Å². The first-order valence-corrected chi connectivity index (χ1v) is 16.6. The van der Waals surface area contributed by atoms with Crippen LogP contribution in [0.2, 0.25) is 0 Å². The summed E-state index contributed by atoms with van der Waals surface area (Å²) in [7, 11) is 0. The lowest BCUT2D eigenvalue weighted by atomic mass is 9.72. The van der Waals surface area contributed by atoms with Gasteiger partial charge in [-0.05, 0) is 145 Å². The molecular weight excluding hydrogens is 434 g/mol. The Balaban J connectivity index is 1.13. The summed E-state index contributed by atoms with van der Waals surface area (Å²) in [6.07, 6.45) is 43.6. The minimum Gasteiger partial charge on any atom is -0.291 e. The van der Waals surface area contributed by atoms with Gasteiger partial charge >= 0.3 is 0 Å². The maximum Gasteiger partial charge on any atom is 0.0284 e. The van der Waals surface area contributed by atoms with Gasteiger partial charge in [0.2, 0.25) is 0 Å². The zero-order valence-electron chi connectivity index (χ0n) is 23.3. The van der Waals surface area contributed by atoms with Crippen molar-refractivity contribution in [2.45, 2.75) is 153 Å². The highest BCUT2D eigenvalue weighted by molar-refractivity contribution is 5.14. The molecule has 6 rings (SSSR count). The fourth-order valence-corrected chi connectivity index (χ4v) is 9.79. The van der Waals surface area contributed by atoms with Crippen LogP contribution in [0.25, 0.3) is 0 Å². The Hall–Kier alpha value is -0.820. The third-order valence-electron chi connectivity index (χ3n) is 11.8. The van der Waals surface area contributed by atoms with E-state index in [1.54, 1.807) is 0 Å². The van der Waals surface area contributed by atoms with Crippen LogP contribution in [0, 0.1) is 29.6 Å². The summed E-state index contributed by atoms with van der Waals surface area (Å²) in [6.45, 7) is 0. The normalized spacial score (nSPS) is 40.5. The minimum absolute atomic E-state index is 0.730. The van der Waals surface area contributed by atoms with Crippen molar-refractivity contribution in [3.05, 3.63) is 36.0 Å². The summed E-state index contributed by atoms with van der Waals surface area (Å²) in [5.41, 5.74) is 1.86. The Bertz CT molecular complexity index is 776. The number of hydrogen-bond acceptors (Lipinski definition) is 1. The van der Waals surface area contributed by atoms with E-state index in [1.807, 2.05) is 5.57 Å². The number of hydrogen-bond donors (Lipinski definition) is 0. The van der Waals surface area contributed by atoms with Crippen LogP contribution < -0.4 is 0 Å². The molecule has 0 radical (unpaired) electrons. The fraction of sp³-hybridized carbons (Fsp3) is 0.829. The molecule has 6 aliphatic carbocycles. The van der Waals surface area contributed by atoms with Crippen molar-refractivity contribution in [1.29, 1.82) is 0 Å². The lowest BCUT2D eigenvalue weighted by Gasteiger charge is -2.47. The van der Waals surface area contributed by atoms with Crippen LogP contribution in [0.1, 0.15) is 135 Å². The van der Waals surface area contributed by atoms with Gasteiger partial charge in [-0.2, -0.15) is 0 Å². The molecule has 0 heterocycles. The van der Waals surface area contributed by atoms with Crippen LogP contribution in [0.15, 0.2) is 36.0 Å². The summed E-state index contributed by atoms with van der Waals surface area (Å²) in [5.74, 6) is 4.80. The van der Waals surface area contributed by atoms with E-state index < -0.39 is 0 Å². The Morgan fingerprint density at radius 1 is 0.583 bits per heavy atom. The topological polar surface area (TPSA) is 3.24 Å². The highest BCUT2D eigenvalue weighted by Gasteiger charge is 2.40. The van der Waals surface area contributed by atoms with E-state index in [-0.39, 0.29) is 0 Å². The first-order chi connectivity index (χ1) is 17.8. The number of allylic oxidation sites excluding steroid dienone is 5. The third kappa shape index (κ3) is 5.92. The molecule has 36 heavy (non-hydrogen) atoms. The zero-order chi connectivity index (χ0) is 24.2. The Labute approximate surface area is 223 Å². The molecule has 0 aromatic rings. The first-order valence-electron chi connectivity index (χ1n) is 16.6. The zero-order valence-corrected chi connectivity index (χ0v) is 23.3. The summed E-state index contributed by atoms with van der Waals surface area (Å²) in [6, 6.07) is 2.43. The van der Waals surface area contributed by atoms with E-state index in [4.69, 9.17) is 0 Å². The van der Waals surface area contributed by atoms with Crippen LogP contribution in [-0.2, 0) is 0 Å². The molecule has 3 fully saturated rings. The molecule has 0 bridgehead atoms. The van der Waals surface area contributed by atoms with Crippen LogP contribution in [0.4, 0.5) is 0 Å². The Morgan fingerprint density at radius 3 is 2.17 bits per heavy atom. The lowest BCUT2D eigenvalue weighted by molar-refractivity contribution is 0.0466. The van der Waals surface area contributed by atoms with E-state index in [1.165, 1.54) is 135 Å². The second-order valence-electron chi connectivity index (χ2n) is 13.8. The third-order valence-corrected chi connectivity index (χ3v) is 11.8. The predicted octanol–water partition coefficient (Wildman–Crippen LogP) is 9.79. The van der Waals surface area contributed by atoms with E-state index in [9.17, 15) is 0 Å².